The first-order valence-electron chi connectivity index (χ1n) is 21.7. The molecule has 16 heteroatoms. The normalized spacial score (nSPS) is 30.2. The smallest absolute Gasteiger partial charge is 0.507 e. The van der Waals surface area contributed by atoms with Gasteiger partial charge in [0.2, 0.25) is 0 Å². The summed E-state index contributed by atoms with van der Waals surface area (Å²) in [5.41, 5.74) is 0.783. The number of ketones is 1. The van der Waals surface area contributed by atoms with E-state index in [-0.39, 0.29) is 74.0 Å². The van der Waals surface area contributed by atoms with Gasteiger partial charge in [-0.1, -0.05) is 88.4 Å². The molecule has 9 atom stereocenters. The molecule has 4 aliphatic heterocycles. The van der Waals surface area contributed by atoms with Gasteiger partial charge in [0.05, 0.1) is 59.1 Å². The van der Waals surface area contributed by atoms with Crippen molar-refractivity contribution in [3.8, 4) is 23.0 Å². The van der Waals surface area contributed by atoms with Gasteiger partial charge in [-0.3, -0.25) is 19.5 Å². The number of carbonyl (C=O) groups excluding carboxylic acids is 2. The zero-order chi connectivity index (χ0) is 46.6. The number of allylic oxidation sites excluding steroid dienone is 2. The van der Waals surface area contributed by atoms with Crippen molar-refractivity contribution in [3.63, 3.8) is 0 Å². The molecule has 5 bridgehead atoms. The van der Waals surface area contributed by atoms with Crippen LogP contribution in [0, 0.1) is 30.6 Å². The van der Waals surface area contributed by atoms with Gasteiger partial charge in [-0.2, -0.15) is 5.10 Å². The van der Waals surface area contributed by atoms with Crippen LogP contribution in [0.4, 0.5) is 5.69 Å². The number of Topliss-reactive ketones (excluding diaryl/α,β-unsaturated/α-hetero) is 1. The van der Waals surface area contributed by atoms with Crippen molar-refractivity contribution in [2.75, 3.05) is 45.2 Å². The van der Waals surface area contributed by atoms with Crippen molar-refractivity contribution < 1.29 is 84.0 Å². The third-order valence-corrected chi connectivity index (χ3v) is 12.9. The number of aliphatic hydroxyl groups excluding tert-OH is 3. The molecule has 1 amide bonds. The van der Waals surface area contributed by atoms with Gasteiger partial charge >= 0.3 is 35.3 Å². The number of methoxy groups -OCH3 is 1. The Balaban J connectivity index is 0.00000793. The number of ether oxygens (including phenoxy) is 3. The second-order valence-corrected chi connectivity index (χ2v) is 17.3. The molecule has 0 saturated carbocycles. The Morgan fingerprint density at radius 2 is 1.52 bits per heavy atom. The molecule has 0 radical (unpaired) electrons. The van der Waals surface area contributed by atoms with Gasteiger partial charge in [0.25, 0.3) is 11.7 Å². The number of rotatable bonds is 6. The van der Waals surface area contributed by atoms with E-state index in [0.717, 1.165) is 12.1 Å². The number of amides is 1. The van der Waals surface area contributed by atoms with E-state index < -0.39 is 82.8 Å². The SMILES string of the molecule is CO[C@H]1/C=C/O[C@@]2(C)Oc3c(C)c(O)c4c(O)c(c(/C=N/N5CCN(C/C=C/c6ccccc6)CC5)c(O)c4c3C2=O)NC(=O)/C(C)=C\C=C\[C@H](C)[C@H](O)[C@@H](C)[C@@H](O)[C@H](C)[C@H](O)[C@@H]1C.[Na+]. The van der Waals surface area contributed by atoms with E-state index >= 15 is 0 Å². The van der Waals surface area contributed by atoms with Crippen LogP contribution >= 0.6 is 0 Å². The number of phenols is 3. The summed E-state index contributed by atoms with van der Waals surface area (Å²) >= 11 is 0. The molecule has 0 unspecified atom stereocenters. The topological polar surface area (TPSA) is 214 Å². The van der Waals surface area contributed by atoms with Gasteiger partial charge in [0, 0.05) is 87.0 Å². The number of carbonyl (C=O) groups is 2. The number of hydrogen-bond donors (Lipinski definition) is 7. The van der Waals surface area contributed by atoms with Crippen molar-refractivity contribution in [1.82, 2.24) is 9.91 Å². The second kappa shape index (κ2) is 21.7. The molecule has 344 valence electrons. The monoisotopic (exact) mass is 905 g/mol. The molecule has 7 rings (SSSR count). The summed E-state index contributed by atoms with van der Waals surface area (Å²) in [7, 11) is 1.44. The molecule has 7 N–H and O–H groups in total. The van der Waals surface area contributed by atoms with Crippen LogP contribution in [0.25, 0.3) is 16.8 Å². The Bertz CT molecular complexity index is 2360. The maximum absolute atomic E-state index is 14.5. The number of hydrogen-bond acceptors (Lipinski definition) is 14. The summed E-state index contributed by atoms with van der Waals surface area (Å²) in [5.74, 6) is -7.68. The fraction of sp³-hybridized carbons (Fsp3) is 0.449. The number of piperazine rings is 1. The molecule has 0 aliphatic carbocycles. The van der Waals surface area contributed by atoms with E-state index in [2.05, 4.69) is 27.5 Å². The molecule has 1 saturated heterocycles. The number of aromatic hydroxyl groups is 3. The van der Waals surface area contributed by atoms with Crippen molar-refractivity contribution in [3.05, 3.63) is 94.8 Å². The van der Waals surface area contributed by atoms with Crippen LogP contribution in [-0.4, -0.2) is 128 Å². The minimum absolute atomic E-state index is 0. The fourth-order valence-electron chi connectivity index (χ4n) is 8.56. The molecule has 3 aromatic carbocycles. The van der Waals surface area contributed by atoms with Crippen LogP contribution in [0.5, 0.6) is 23.0 Å². The third kappa shape index (κ3) is 10.8. The number of nitrogens with zero attached hydrogens (tertiary/aromatic N) is 3. The van der Waals surface area contributed by atoms with Crippen molar-refractivity contribution in [2.45, 2.75) is 78.7 Å². The van der Waals surface area contributed by atoms with Crippen LogP contribution < -0.4 is 39.6 Å². The van der Waals surface area contributed by atoms with E-state index in [0.29, 0.717) is 26.2 Å². The second-order valence-electron chi connectivity index (χ2n) is 17.3. The van der Waals surface area contributed by atoms with Gasteiger partial charge in [0.1, 0.15) is 17.2 Å². The predicted molar refractivity (Wildman–Crippen MR) is 245 cm³/mol. The van der Waals surface area contributed by atoms with Gasteiger partial charge in [-0.25, -0.2) is 0 Å². The Morgan fingerprint density at radius 3 is 2.18 bits per heavy atom. The van der Waals surface area contributed by atoms with E-state index in [1.54, 1.807) is 44.9 Å². The molecule has 0 spiro atoms. The number of hydrazone groups is 1. The average Bonchev–Trinajstić information content (AvgIpc) is 3.55. The number of fused-ring (bicyclic) bond motifs is 14. The summed E-state index contributed by atoms with van der Waals surface area (Å²) < 4.78 is 17.8. The predicted octanol–water partition coefficient (Wildman–Crippen LogP) is 2.85. The van der Waals surface area contributed by atoms with Gasteiger partial charge in [0.15, 0.2) is 5.75 Å². The van der Waals surface area contributed by atoms with Crippen LogP contribution in [0.15, 0.2) is 77.6 Å². The largest absolute Gasteiger partial charge is 1.00 e. The summed E-state index contributed by atoms with van der Waals surface area (Å²) in [6.07, 6.45) is 8.97. The first-order valence-corrected chi connectivity index (χ1v) is 21.7. The Labute approximate surface area is 402 Å². The Hall–Kier alpha value is -4.71. The molecule has 4 heterocycles. The van der Waals surface area contributed by atoms with E-state index in [4.69, 9.17) is 14.2 Å². The summed E-state index contributed by atoms with van der Waals surface area (Å²) in [6, 6.07) is 10.0. The minimum atomic E-state index is -2.03. The number of phenolic OH excluding ortho intramolecular Hbond substituents is 3. The number of anilines is 1. The standard InChI is InChI=1S/C49H62N4O11.Na/c1-27-14-12-15-28(2)48(61)51-39-34(26-50-53-23-21-52(22-24-53)20-13-18-33-16-10-9-11-17-33)44(58)36-37(45(39)59)43(57)32(6)46-38(36)47(60)49(7,64-46)63-25-19-35(62-8)29(3)41(55)31(5)42(56)30(4)40(27)54;/h9-19,25-27,29-31,35,40-42,54-59H,20-24H2,1-8H3,(H,51,61);/q;+1/b14-12+,18-13+,25-19+,28-15-,50-26+;/t27-,29+,30+,31+,35-,40-,41+,42+,49-;/m0./s1. The van der Waals surface area contributed by atoms with E-state index in [1.807, 2.05) is 30.3 Å². The minimum Gasteiger partial charge on any atom is -0.507 e. The van der Waals surface area contributed by atoms with Crippen LogP contribution in [0.2, 0.25) is 0 Å². The van der Waals surface area contributed by atoms with Gasteiger partial charge < -0.3 is 50.2 Å². The summed E-state index contributed by atoms with van der Waals surface area (Å²) in [5, 5.41) is 78.4. The molecule has 65 heavy (non-hydrogen) atoms. The summed E-state index contributed by atoms with van der Waals surface area (Å²) in [4.78, 5) is 30.6. The zero-order valence-corrected chi connectivity index (χ0v) is 40.7. The fourth-order valence-corrected chi connectivity index (χ4v) is 8.56. The molecule has 1 fully saturated rings. The van der Waals surface area contributed by atoms with Gasteiger partial charge in [-0.05, 0) is 25.5 Å². The average molecular weight is 906 g/mol. The number of nitrogens with one attached hydrogen (secondary N) is 1. The van der Waals surface area contributed by atoms with Crippen molar-refractivity contribution in [1.29, 1.82) is 0 Å². The number of aliphatic hydroxyl groups is 3. The first kappa shape index (κ1) is 51.3. The Kier molecular flexibility index (Phi) is 17.1. The van der Waals surface area contributed by atoms with Crippen LogP contribution in [0.1, 0.15) is 68.6 Å². The molecule has 15 nitrogen and oxygen atoms in total. The number of benzene rings is 3. The van der Waals surface area contributed by atoms with Gasteiger partial charge in [-0.15, -0.1) is 0 Å². The quantitative estimate of drug-likeness (QED) is 0.0822. The van der Waals surface area contributed by atoms with E-state index in [1.165, 1.54) is 52.5 Å². The maximum atomic E-state index is 14.5. The Morgan fingerprint density at radius 1 is 0.877 bits per heavy atom. The van der Waals surface area contributed by atoms with Crippen molar-refractivity contribution in [2.24, 2.45) is 28.8 Å². The van der Waals surface area contributed by atoms with E-state index in [9.17, 15) is 40.2 Å². The molecule has 4 aliphatic rings. The van der Waals surface area contributed by atoms with Crippen molar-refractivity contribution >= 4 is 40.4 Å². The molecular weight excluding hydrogens is 844 g/mol. The molecular formula is C49H62N4NaO11+. The summed E-state index contributed by atoms with van der Waals surface area (Å²) in [6.45, 7) is 14.4. The molecule has 3 aromatic rings. The first-order chi connectivity index (χ1) is 30.4. The third-order valence-electron chi connectivity index (χ3n) is 12.9. The van der Waals surface area contributed by atoms with Crippen LogP contribution in [0.3, 0.4) is 0 Å². The van der Waals surface area contributed by atoms with Crippen LogP contribution in [-0.2, 0) is 14.3 Å². The maximum Gasteiger partial charge on any atom is 1.00 e. The zero-order valence-electron chi connectivity index (χ0n) is 38.7. The molecule has 0 aromatic heterocycles.